The van der Waals surface area contributed by atoms with E-state index in [2.05, 4.69) is 5.32 Å². The second-order valence-corrected chi connectivity index (χ2v) is 7.55. The first-order valence-electron chi connectivity index (χ1n) is 10.7. The molecular formula is C24H31N3O7. The van der Waals surface area contributed by atoms with Gasteiger partial charge in [-0.3, -0.25) is 9.59 Å². The van der Waals surface area contributed by atoms with Gasteiger partial charge in [0.15, 0.2) is 11.5 Å². The van der Waals surface area contributed by atoms with Crippen LogP contribution >= 0.6 is 0 Å². The number of carbonyl (C=O) groups is 2. The number of nitrogens with zero attached hydrogens (tertiary/aromatic N) is 2. The predicted molar refractivity (Wildman–Crippen MR) is 126 cm³/mol. The van der Waals surface area contributed by atoms with Gasteiger partial charge in [-0.25, -0.2) is 0 Å². The van der Waals surface area contributed by atoms with Crippen LogP contribution in [0.15, 0.2) is 42.5 Å². The van der Waals surface area contributed by atoms with E-state index in [-0.39, 0.29) is 11.8 Å². The van der Waals surface area contributed by atoms with Crippen molar-refractivity contribution >= 4 is 23.2 Å². The van der Waals surface area contributed by atoms with Crippen molar-refractivity contribution in [3.8, 4) is 11.5 Å². The number of methoxy groups -OCH3 is 5. The van der Waals surface area contributed by atoms with Gasteiger partial charge in [-0.15, -0.1) is 0 Å². The summed E-state index contributed by atoms with van der Waals surface area (Å²) < 4.78 is 28.2. The van der Waals surface area contributed by atoms with Gasteiger partial charge in [-0.2, -0.15) is 0 Å². The SMILES string of the molecule is COc1ccc(C(=O)N2CCN(c3ccccc3NC(C)=O)C(OC)(OC)C2OC)cc1OC. The van der Waals surface area contributed by atoms with Gasteiger partial charge < -0.3 is 38.8 Å². The number of amides is 2. The first-order valence-corrected chi connectivity index (χ1v) is 10.7. The average Bonchev–Trinajstić information content (AvgIpc) is 2.86. The van der Waals surface area contributed by atoms with E-state index in [1.807, 2.05) is 23.1 Å². The summed E-state index contributed by atoms with van der Waals surface area (Å²) in [5, 5.41) is 2.83. The molecule has 0 bridgehead atoms. The van der Waals surface area contributed by atoms with Crippen LogP contribution in [0.2, 0.25) is 0 Å². The van der Waals surface area contributed by atoms with E-state index < -0.39 is 12.1 Å². The van der Waals surface area contributed by atoms with Crippen LogP contribution in [0.25, 0.3) is 0 Å². The highest BCUT2D eigenvalue weighted by atomic mass is 16.7. The van der Waals surface area contributed by atoms with Gasteiger partial charge in [-0.1, -0.05) is 12.1 Å². The Morgan fingerprint density at radius 1 is 0.941 bits per heavy atom. The lowest BCUT2D eigenvalue weighted by molar-refractivity contribution is -0.300. The third-order valence-electron chi connectivity index (χ3n) is 5.74. The zero-order valence-electron chi connectivity index (χ0n) is 20.3. The van der Waals surface area contributed by atoms with Gasteiger partial charge in [0.05, 0.1) is 25.6 Å². The molecule has 10 heteroatoms. The maximum Gasteiger partial charge on any atom is 0.299 e. The molecule has 2 amide bonds. The minimum atomic E-state index is -1.49. The maximum atomic E-state index is 13.6. The quantitative estimate of drug-likeness (QED) is 0.584. The number of piperazine rings is 1. The van der Waals surface area contributed by atoms with Gasteiger partial charge in [0.25, 0.3) is 11.8 Å². The Balaban J connectivity index is 2.02. The second kappa shape index (κ2) is 10.7. The summed E-state index contributed by atoms with van der Waals surface area (Å²) in [5.41, 5.74) is 1.65. The van der Waals surface area contributed by atoms with Gasteiger partial charge in [-0.05, 0) is 30.3 Å². The summed E-state index contributed by atoms with van der Waals surface area (Å²) in [7, 11) is 7.48. The van der Waals surface area contributed by atoms with E-state index in [1.54, 1.807) is 29.2 Å². The molecule has 0 radical (unpaired) electrons. The van der Waals surface area contributed by atoms with E-state index in [9.17, 15) is 9.59 Å². The largest absolute Gasteiger partial charge is 0.493 e. The summed E-state index contributed by atoms with van der Waals surface area (Å²) in [6.45, 7) is 2.08. The Morgan fingerprint density at radius 2 is 1.62 bits per heavy atom. The third kappa shape index (κ3) is 4.52. The standard InChI is InChI=1S/C24H31N3O7/c1-16(28)25-18-9-7-8-10-19(18)27-14-13-26(23(32-4)24(27,33-5)34-6)22(29)17-11-12-20(30-2)21(15-17)31-3/h7-12,15,23H,13-14H2,1-6H3,(H,25,28). The molecule has 0 aromatic heterocycles. The van der Waals surface area contributed by atoms with Crippen molar-refractivity contribution in [1.82, 2.24) is 4.90 Å². The van der Waals surface area contributed by atoms with Gasteiger partial charge in [0.2, 0.25) is 12.1 Å². The number of ether oxygens (including phenoxy) is 5. The molecule has 34 heavy (non-hydrogen) atoms. The summed E-state index contributed by atoms with van der Waals surface area (Å²) in [5.74, 6) is -1.03. The molecule has 1 aliphatic heterocycles. The predicted octanol–water partition coefficient (Wildman–Crippen LogP) is 2.54. The van der Waals surface area contributed by atoms with Gasteiger partial charge in [0, 0.05) is 46.9 Å². The molecule has 2 aromatic rings. The molecular weight excluding hydrogens is 442 g/mol. The topological polar surface area (TPSA) is 98.8 Å². The smallest absolute Gasteiger partial charge is 0.299 e. The minimum Gasteiger partial charge on any atom is -0.493 e. The lowest BCUT2D eigenvalue weighted by Gasteiger charge is -2.53. The van der Waals surface area contributed by atoms with Crippen molar-refractivity contribution in [2.45, 2.75) is 19.1 Å². The lowest BCUT2D eigenvalue weighted by atomic mass is 10.1. The van der Waals surface area contributed by atoms with Crippen molar-refractivity contribution in [3.63, 3.8) is 0 Å². The van der Waals surface area contributed by atoms with E-state index in [0.29, 0.717) is 41.5 Å². The number of para-hydroxylation sites is 2. The van der Waals surface area contributed by atoms with E-state index in [0.717, 1.165) is 0 Å². The normalized spacial score (nSPS) is 17.3. The number of hydrogen-bond acceptors (Lipinski definition) is 8. The Labute approximate surface area is 199 Å². The highest BCUT2D eigenvalue weighted by molar-refractivity contribution is 5.96. The van der Waals surface area contributed by atoms with Crippen LogP contribution in [0, 0.1) is 0 Å². The molecule has 1 heterocycles. The summed E-state index contributed by atoms with van der Waals surface area (Å²) in [6, 6.07) is 12.3. The number of hydrogen-bond donors (Lipinski definition) is 1. The number of benzene rings is 2. The summed E-state index contributed by atoms with van der Waals surface area (Å²) >= 11 is 0. The molecule has 1 unspecified atom stereocenters. The molecule has 0 aliphatic carbocycles. The van der Waals surface area contributed by atoms with E-state index in [1.165, 1.54) is 42.5 Å². The zero-order chi connectivity index (χ0) is 24.9. The van der Waals surface area contributed by atoms with Gasteiger partial charge >= 0.3 is 0 Å². The lowest BCUT2D eigenvalue weighted by Crippen LogP contribution is -2.72. The van der Waals surface area contributed by atoms with Crippen molar-refractivity contribution in [2.24, 2.45) is 0 Å². The maximum absolute atomic E-state index is 13.6. The Morgan fingerprint density at radius 3 is 2.21 bits per heavy atom. The number of rotatable bonds is 8. The van der Waals surface area contributed by atoms with Crippen molar-refractivity contribution in [1.29, 1.82) is 0 Å². The molecule has 1 aliphatic rings. The molecule has 1 atom stereocenters. The molecule has 10 nitrogen and oxygen atoms in total. The molecule has 0 spiro atoms. The summed E-state index contributed by atoms with van der Waals surface area (Å²) in [4.78, 5) is 28.7. The zero-order valence-corrected chi connectivity index (χ0v) is 20.3. The third-order valence-corrected chi connectivity index (χ3v) is 5.74. The molecule has 1 saturated heterocycles. The fraction of sp³-hybridized carbons (Fsp3) is 0.417. The van der Waals surface area contributed by atoms with Crippen LogP contribution in [-0.4, -0.2) is 77.5 Å². The van der Waals surface area contributed by atoms with Crippen LogP contribution in [0.5, 0.6) is 11.5 Å². The molecule has 0 saturated carbocycles. The highest BCUT2D eigenvalue weighted by Crippen LogP contribution is 2.39. The number of carbonyl (C=O) groups excluding carboxylic acids is 2. The average molecular weight is 474 g/mol. The van der Waals surface area contributed by atoms with Crippen LogP contribution in [0.1, 0.15) is 17.3 Å². The number of anilines is 2. The Hall–Kier alpha value is -3.34. The molecule has 184 valence electrons. The molecule has 1 N–H and O–H groups in total. The minimum absolute atomic E-state index is 0.210. The fourth-order valence-electron chi connectivity index (χ4n) is 4.23. The second-order valence-electron chi connectivity index (χ2n) is 7.55. The Kier molecular flexibility index (Phi) is 7.98. The van der Waals surface area contributed by atoms with E-state index >= 15 is 0 Å². The van der Waals surface area contributed by atoms with Gasteiger partial charge in [0.1, 0.15) is 0 Å². The van der Waals surface area contributed by atoms with Crippen molar-refractivity contribution in [3.05, 3.63) is 48.0 Å². The monoisotopic (exact) mass is 473 g/mol. The fourth-order valence-corrected chi connectivity index (χ4v) is 4.23. The molecule has 2 aromatic carbocycles. The Bertz CT molecular complexity index is 1030. The van der Waals surface area contributed by atoms with Crippen LogP contribution in [-0.2, 0) is 19.0 Å². The summed E-state index contributed by atoms with van der Waals surface area (Å²) in [6.07, 6.45) is -0.942. The molecule has 1 fully saturated rings. The molecule has 3 rings (SSSR count). The first-order chi connectivity index (χ1) is 16.4. The number of nitrogens with one attached hydrogen (secondary N) is 1. The first kappa shape index (κ1) is 25.3. The van der Waals surface area contributed by atoms with Crippen LogP contribution in [0.4, 0.5) is 11.4 Å². The van der Waals surface area contributed by atoms with Crippen molar-refractivity contribution in [2.75, 3.05) is 58.9 Å². The van der Waals surface area contributed by atoms with Crippen molar-refractivity contribution < 1.29 is 33.3 Å². The van der Waals surface area contributed by atoms with Crippen LogP contribution < -0.4 is 19.7 Å². The van der Waals surface area contributed by atoms with E-state index in [4.69, 9.17) is 23.7 Å². The highest BCUT2D eigenvalue weighted by Gasteiger charge is 2.54. The van der Waals surface area contributed by atoms with Crippen LogP contribution in [0.3, 0.4) is 0 Å².